The van der Waals surface area contributed by atoms with Crippen LogP contribution >= 0.6 is 0 Å². The van der Waals surface area contributed by atoms with Crippen molar-refractivity contribution < 1.29 is 4.74 Å². The van der Waals surface area contributed by atoms with Gasteiger partial charge in [0.2, 0.25) is 0 Å². The Hall–Kier alpha value is -0.0400. The third-order valence-electron chi connectivity index (χ3n) is 3.10. The normalized spacial score (nSPS) is 15.9. The maximum atomic E-state index is 5.71. The molecule has 0 rings (SSSR count). The van der Waals surface area contributed by atoms with Crippen LogP contribution in [0.3, 0.4) is 0 Å². The van der Waals surface area contributed by atoms with E-state index in [1.807, 2.05) is 0 Å². The molecule has 1 nitrogen and oxygen atoms in total. The first-order valence-corrected chi connectivity index (χ1v) is 6.23. The van der Waals surface area contributed by atoms with Crippen molar-refractivity contribution >= 4 is 0 Å². The van der Waals surface area contributed by atoms with Crippen LogP contribution in [0.5, 0.6) is 0 Å². The first-order valence-electron chi connectivity index (χ1n) is 6.23. The van der Waals surface area contributed by atoms with Crippen LogP contribution in [-0.4, -0.2) is 12.7 Å². The van der Waals surface area contributed by atoms with Crippen molar-refractivity contribution in [3.63, 3.8) is 0 Å². The molecule has 0 amide bonds. The monoisotopic (exact) mass is 200 g/mol. The molecule has 2 unspecified atom stereocenters. The van der Waals surface area contributed by atoms with Gasteiger partial charge in [0.05, 0.1) is 6.10 Å². The Balaban J connectivity index is 3.68. The van der Waals surface area contributed by atoms with Gasteiger partial charge in [-0.1, -0.05) is 34.1 Å². The second kappa shape index (κ2) is 8.28. The third-order valence-corrected chi connectivity index (χ3v) is 3.10. The van der Waals surface area contributed by atoms with Crippen molar-refractivity contribution in [2.75, 3.05) is 6.61 Å². The summed E-state index contributed by atoms with van der Waals surface area (Å²) in [6.07, 6.45) is 5.51. The van der Waals surface area contributed by atoms with Crippen LogP contribution in [0, 0.1) is 11.8 Å². The van der Waals surface area contributed by atoms with Gasteiger partial charge >= 0.3 is 0 Å². The van der Waals surface area contributed by atoms with Gasteiger partial charge in [0.1, 0.15) is 0 Å². The lowest BCUT2D eigenvalue weighted by atomic mass is 9.91. The van der Waals surface area contributed by atoms with Crippen LogP contribution in [0.25, 0.3) is 0 Å². The van der Waals surface area contributed by atoms with Gasteiger partial charge in [-0.2, -0.15) is 0 Å². The summed E-state index contributed by atoms with van der Waals surface area (Å²) in [6, 6.07) is 0. The molecule has 0 aliphatic carbocycles. The van der Waals surface area contributed by atoms with Gasteiger partial charge in [0.25, 0.3) is 0 Å². The highest BCUT2D eigenvalue weighted by Gasteiger charge is 2.12. The van der Waals surface area contributed by atoms with Crippen LogP contribution in [0.15, 0.2) is 0 Å². The van der Waals surface area contributed by atoms with Gasteiger partial charge in [0, 0.05) is 6.61 Å². The number of hydrogen-bond acceptors (Lipinski definition) is 1. The Morgan fingerprint density at radius 3 is 2.00 bits per heavy atom. The molecule has 0 spiro atoms. The highest BCUT2D eigenvalue weighted by Crippen LogP contribution is 2.19. The quantitative estimate of drug-likeness (QED) is 0.569. The molecule has 0 aromatic rings. The molecule has 0 heterocycles. The molecule has 0 aliphatic rings. The van der Waals surface area contributed by atoms with Crippen molar-refractivity contribution in [2.24, 2.45) is 11.8 Å². The first kappa shape index (κ1) is 14.0. The molecule has 0 aliphatic heterocycles. The van der Waals surface area contributed by atoms with Crippen molar-refractivity contribution in [2.45, 2.75) is 66.4 Å². The van der Waals surface area contributed by atoms with Gasteiger partial charge in [0.15, 0.2) is 0 Å². The predicted molar refractivity (Wildman–Crippen MR) is 63.6 cm³/mol. The second-order valence-electron chi connectivity index (χ2n) is 4.66. The van der Waals surface area contributed by atoms with Gasteiger partial charge in [-0.15, -0.1) is 0 Å². The smallest absolute Gasteiger partial charge is 0.0575 e. The predicted octanol–water partition coefficient (Wildman–Crippen LogP) is 4.26. The van der Waals surface area contributed by atoms with Gasteiger partial charge in [-0.05, 0) is 38.0 Å². The average Bonchev–Trinajstić information content (AvgIpc) is 2.14. The van der Waals surface area contributed by atoms with Crippen LogP contribution < -0.4 is 0 Å². The Kier molecular flexibility index (Phi) is 8.26. The standard InChI is InChI=1S/C13H28O/c1-6-8-13(14-7-2)10-9-12(5)11(3)4/h11-13H,6-10H2,1-5H3. The van der Waals surface area contributed by atoms with E-state index in [0.29, 0.717) is 6.10 Å². The summed E-state index contributed by atoms with van der Waals surface area (Å²) in [5.41, 5.74) is 0. The van der Waals surface area contributed by atoms with Gasteiger partial charge < -0.3 is 4.74 Å². The molecule has 0 fully saturated rings. The van der Waals surface area contributed by atoms with Crippen molar-refractivity contribution in [3.8, 4) is 0 Å². The summed E-state index contributed by atoms with van der Waals surface area (Å²) in [7, 11) is 0. The van der Waals surface area contributed by atoms with E-state index in [2.05, 4.69) is 34.6 Å². The van der Waals surface area contributed by atoms with Crippen molar-refractivity contribution in [3.05, 3.63) is 0 Å². The summed E-state index contributed by atoms with van der Waals surface area (Å²) >= 11 is 0. The molecule has 2 atom stereocenters. The maximum absolute atomic E-state index is 5.71. The summed E-state index contributed by atoms with van der Waals surface area (Å²) < 4.78 is 5.71. The zero-order chi connectivity index (χ0) is 11.0. The van der Waals surface area contributed by atoms with E-state index in [1.54, 1.807) is 0 Å². The number of hydrogen-bond donors (Lipinski definition) is 0. The number of ether oxygens (including phenoxy) is 1. The molecule has 0 saturated heterocycles. The molecule has 0 aromatic heterocycles. The first-order chi connectivity index (χ1) is 6.61. The second-order valence-corrected chi connectivity index (χ2v) is 4.66. The molecule has 0 saturated carbocycles. The highest BCUT2D eigenvalue weighted by atomic mass is 16.5. The fourth-order valence-corrected chi connectivity index (χ4v) is 1.65. The molecular weight excluding hydrogens is 172 g/mol. The lowest BCUT2D eigenvalue weighted by Gasteiger charge is -2.20. The van der Waals surface area contributed by atoms with Crippen LogP contribution in [0.2, 0.25) is 0 Å². The van der Waals surface area contributed by atoms with E-state index < -0.39 is 0 Å². The lowest BCUT2D eigenvalue weighted by Crippen LogP contribution is -2.15. The zero-order valence-corrected chi connectivity index (χ0v) is 10.7. The van der Waals surface area contributed by atoms with Crippen LogP contribution in [0.1, 0.15) is 60.3 Å². The largest absolute Gasteiger partial charge is 0.379 e. The van der Waals surface area contributed by atoms with Crippen LogP contribution in [-0.2, 0) is 4.74 Å². The van der Waals surface area contributed by atoms with E-state index in [0.717, 1.165) is 18.4 Å². The Labute approximate surface area is 90.2 Å². The lowest BCUT2D eigenvalue weighted by molar-refractivity contribution is 0.0447. The Morgan fingerprint density at radius 2 is 1.57 bits per heavy atom. The van der Waals surface area contributed by atoms with E-state index in [4.69, 9.17) is 4.74 Å². The van der Waals surface area contributed by atoms with Crippen molar-refractivity contribution in [1.82, 2.24) is 0 Å². The molecule has 0 aromatic carbocycles. The molecular formula is C13H28O. The SMILES string of the molecule is CCCC(CCC(C)C(C)C)OCC. The van der Waals surface area contributed by atoms with Crippen LogP contribution in [0.4, 0.5) is 0 Å². The zero-order valence-electron chi connectivity index (χ0n) is 10.7. The third kappa shape index (κ3) is 6.42. The minimum absolute atomic E-state index is 0.506. The molecule has 14 heavy (non-hydrogen) atoms. The maximum Gasteiger partial charge on any atom is 0.0575 e. The molecule has 0 bridgehead atoms. The average molecular weight is 200 g/mol. The Bertz CT molecular complexity index is 114. The fourth-order valence-electron chi connectivity index (χ4n) is 1.65. The van der Waals surface area contributed by atoms with E-state index in [-0.39, 0.29) is 0 Å². The van der Waals surface area contributed by atoms with E-state index in [1.165, 1.54) is 25.7 Å². The minimum atomic E-state index is 0.506. The molecule has 1 heteroatoms. The van der Waals surface area contributed by atoms with Gasteiger partial charge in [-0.25, -0.2) is 0 Å². The molecule has 0 N–H and O–H groups in total. The summed E-state index contributed by atoms with van der Waals surface area (Å²) in [5.74, 6) is 1.63. The summed E-state index contributed by atoms with van der Waals surface area (Å²) in [4.78, 5) is 0. The van der Waals surface area contributed by atoms with E-state index >= 15 is 0 Å². The number of rotatable bonds is 8. The topological polar surface area (TPSA) is 9.23 Å². The Morgan fingerprint density at radius 1 is 0.929 bits per heavy atom. The van der Waals surface area contributed by atoms with E-state index in [9.17, 15) is 0 Å². The summed E-state index contributed by atoms with van der Waals surface area (Å²) in [6.45, 7) is 12.1. The molecule has 0 radical (unpaired) electrons. The summed E-state index contributed by atoms with van der Waals surface area (Å²) in [5, 5.41) is 0. The fraction of sp³-hybridized carbons (Fsp3) is 1.00. The highest BCUT2D eigenvalue weighted by molar-refractivity contribution is 4.63. The van der Waals surface area contributed by atoms with Crippen molar-refractivity contribution in [1.29, 1.82) is 0 Å². The molecule has 86 valence electrons. The van der Waals surface area contributed by atoms with Gasteiger partial charge in [-0.3, -0.25) is 0 Å². The minimum Gasteiger partial charge on any atom is -0.379 e.